The van der Waals surface area contributed by atoms with Crippen molar-refractivity contribution in [2.24, 2.45) is 0 Å². The molecule has 2 aliphatic heterocycles. The minimum Gasteiger partial charge on any atom is -0.485 e. The Bertz CT molecular complexity index is 1630. The second kappa shape index (κ2) is 12.5. The smallest absolute Gasteiger partial charge is 0.477 e. The molecule has 1 saturated heterocycles. The number of phosphoric ester groups is 1. The Balaban J connectivity index is 1.38. The minimum absolute atomic E-state index is 0.244. The molecule has 1 aromatic carbocycles. The molecular formula is C31H42N5O9P. The highest BCUT2D eigenvalue weighted by atomic mass is 31.2. The van der Waals surface area contributed by atoms with E-state index in [1.807, 2.05) is 6.07 Å². The number of phosphoric acid groups is 1. The van der Waals surface area contributed by atoms with Gasteiger partial charge in [0.15, 0.2) is 6.73 Å². The van der Waals surface area contributed by atoms with Crippen molar-refractivity contribution >= 4 is 30.7 Å². The van der Waals surface area contributed by atoms with Crippen LogP contribution in [0.4, 0.5) is 4.79 Å². The third-order valence-corrected chi connectivity index (χ3v) is 9.47. The summed E-state index contributed by atoms with van der Waals surface area (Å²) in [7, 11) is -2.48. The van der Waals surface area contributed by atoms with Crippen molar-refractivity contribution in [2.45, 2.75) is 90.4 Å². The SMILES string of the molecule is COc1ccc2c(n1)[C@@H](NC(=O)c1cccc3cn(COP(=O)(OC(C)(C)C)OC(C)(C)C)nc13)CC1(CCN(C(=O)O)CC1)O2. The highest BCUT2D eigenvalue weighted by Gasteiger charge is 2.45. The number of carbonyl (C=O) groups excluding carboxylic acids is 1. The summed E-state index contributed by atoms with van der Waals surface area (Å²) < 4.78 is 43.8. The lowest BCUT2D eigenvalue weighted by Gasteiger charge is -2.46. The van der Waals surface area contributed by atoms with Crippen LogP contribution in [0, 0.1) is 0 Å². The summed E-state index contributed by atoms with van der Waals surface area (Å²) in [6.45, 7) is 10.9. The summed E-state index contributed by atoms with van der Waals surface area (Å²) in [6.07, 6.45) is 2.06. The number of carbonyl (C=O) groups is 2. The fourth-order valence-corrected chi connectivity index (χ4v) is 7.36. The molecule has 2 N–H and O–H groups in total. The number of carboxylic acid groups (broad SMARTS) is 1. The monoisotopic (exact) mass is 659 g/mol. The number of rotatable bonds is 8. The number of likely N-dealkylation sites (tertiary alicyclic amines) is 1. The van der Waals surface area contributed by atoms with Gasteiger partial charge in [0.1, 0.15) is 22.6 Å². The van der Waals surface area contributed by atoms with Crippen molar-refractivity contribution in [3.63, 3.8) is 0 Å². The van der Waals surface area contributed by atoms with Gasteiger partial charge in [-0.2, -0.15) is 5.10 Å². The number of amides is 2. The van der Waals surface area contributed by atoms with Crippen LogP contribution in [-0.2, 0) is 24.9 Å². The van der Waals surface area contributed by atoms with E-state index in [1.54, 1.807) is 72.0 Å². The van der Waals surface area contributed by atoms with Gasteiger partial charge in [-0.1, -0.05) is 12.1 Å². The summed E-state index contributed by atoms with van der Waals surface area (Å²) >= 11 is 0. The first kappa shape index (κ1) is 33.6. The molecule has 3 aromatic rings. The topological polar surface area (TPSA) is 164 Å². The highest BCUT2D eigenvalue weighted by molar-refractivity contribution is 7.48. The van der Waals surface area contributed by atoms with E-state index in [9.17, 15) is 19.3 Å². The largest absolute Gasteiger partial charge is 0.485 e. The second-order valence-electron chi connectivity index (χ2n) is 13.5. The van der Waals surface area contributed by atoms with Crippen LogP contribution in [0.2, 0.25) is 0 Å². The molecule has 0 saturated carbocycles. The number of pyridine rings is 1. The Kier molecular flexibility index (Phi) is 9.13. The zero-order chi connectivity index (χ0) is 33.5. The maximum absolute atomic E-state index is 13.9. The lowest BCUT2D eigenvalue weighted by Crippen LogP contribution is -2.53. The van der Waals surface area contributed by atoms with E-state index in [4.69, 9.17) is 23.0 Å². The highest BCUT2D eigenvalue weighted by Crippen LogP contribution is 2.55. The quantitative estimate of drug-likeness (QED) is 0.276. The molecule has 2 aliphatic rings. The first-order chi connectivity index (χ1) is 21.5. The number of nitrogens with one attached hydrogen (secondary N) is 1. The van der Waals surface area contributed by atoms with Gasteiger partial charge in [-0.05, 0) is 53.7 Å². The number of hydrogen-bond acceptors (Lipinski definition) is 10. The number of benzene rings is 1. The van der Waals surface area contributed by atoms with Crippen LogP contribution in [0.25, 0.3) is 10.9 Å². The van der Waals surface area contributed by atoms with E-state index < -0.39 is 36.8 Å². The zero-order valence-electron chi connectivity index (χ0n) is 27.2. The van der Waals surface area contributed by atoms with Gasteiger partial charge in [0.25, 0.3) is 5.91 Å². The Labute approximate surface area is 267 Å². The molecule has 5 rings (SSSR count). The number of ether oxygens (including phenoxy) is 2. The number of methoxy groups -OCH3 is 1. The van der Waals surface area contributed by atoms with Gasteiger partial charge in [0, 0.05) is 50.0 Å². The molecule has 4 heterocycles. The van der Waals surface area contributed by atoms with Crippen LogP contribution in [0.5, 0.6) is 11.6 Å². The van der Waals surface area contributed by atoms with Gasteiger partial charge >= 0.3 is 13.9 Å². The van der Waals surface area contributed by atoms with Crippen molar-refractivity contribution in [3.05, 3.63) is 47.8 Å². The van der Waals surface area contributed by atoms with Crippen LogP contribution >= 0.6 is 7.82 Å². The Morgan fingerprint density at radius 1 is 1.09 bits per heavy atom. The van der Waals surface area contributed by atoms with Crippen LogP contribution < -0.4 is 14.8 Å². The number of piperidine rings is 1. The molecule has 0 aliphatic carbocycles. The molecule has 0 radical (unpaired) electrons. The molecule has 46 heavy (non-hydrogen) atoms. The molecule has 0 bridgehead atoms. The molecule has 1 fully saturated rings. The lowest BCUT2D eigenvalue weighted by molar-refractivity contribution is -0.0219. The van der Waals surface area contributed by atoms with Crippen molar-refractivity contribution in [2.75, 3.05) is 20.2 Å². The van der Waals surface area contributed by atoms with Crippen LogP contribution in [-0.4, -0.2) is 73.8 Å². The molecule has 1 atom stereocenters. The zero-order valence-corrected chi connectivity index (χ0v) is 28.1. The first-order valence-corrected chi connectivity index (χ1v) is 16.6. The van der Waals surface area contributed by atoms with Gasteiger partial charge in [-0.3, -0.25) is 18.4 Å². The number of fused-ring (bicyclic) bond motifs is 2. The summed E-state index contributed by atoms with van der Waals surface area (Å²) in [5, 5.41) is 17.8. The third-order valence-electron chi connectivity index (χ3n) is 7.50. The predicted molar refractivity (Wildman–Crippen MR) is 168 cm³/mol. The van der Waals surface area contributed by atoms with E-state index in [2.05, 4.69) is 15.4 Å². The van der Waals surface area contributed by atoms with Crippen molar-refractivity contribution in [3.8, 4) is 11.6 Å². The average Bonchev–Trinajstić information content (AvgIpc) is 3.38. The number of aromatic nitrogens is 3. The van der Waals surface area contributed by atoms with Gasteiger partial charge in [0.05, 0.1) is 29.9 Å². The van der Waals surface area contributed by atoms with E-state index in [0.29, 0.717) is 66.1 Å². The molecule has 2 aromatic heterocycles. The lowest BCUT2D eigenvalue weighted by atomic mass is 9.81. The van der Waals surface area contributed by atoms with E-state index in [1.165, 1.54) is 16.7 Å². The number of hydrogen-bond donors (Lipinski definition) is 2. The average molecular weight is 660 g/mol. The minimum atomic E-state index is -3.99. The fourth-order valence-electron chi connectivity index (χ4n) is 5.62. The standard InChI is InChI=1S/C31H42N5O9P/c1-29(2,3)44-46(40,45-30(4,5)6)42-19-36-18-20-9-8-10-21(25(20)34-36)27(37)32-22-17-31(13-15-35(16-14-31)28(38)39)43-23-11-12-24(41-7)33-26(22)23/h8-12,18,22H,13-17,19H2,1-7H3,(H,32,37)(H,38,39)/t22-/m0/s1. The first-order valence-electron chi connectivity index (χ1n) is 15.1. The molecule has 0 unspecified atom stereocenters. The third kappa shape index (κ3) is 7.80. The summed E-state index contributed by atoms with van der Waals surface area (Å²) in [6, 6.07) is 8.15. The molecule has 250 valence electrons. The van der Waals surface area contributed by atoms with Crippen molar-refractivity contribution in [1.29, 1.82) is 0 Å². The summed E-state index contributed by atoms with van der Waals surface area (Å²) in [5.74, 6) is 0.512. The van der Waals surface area contributed by atoms with Gasteiger partial charge < -0.3 is 24.8 Å². The number of nitrogens with zero attached hydrogens (tertiary/aromatic N) is 4. The van der Waals surface area contributed by atoms with Crippen molar-refractivity contribution in [1.82, 2.24) is 25.0 Å². The maximum Gasteiger partial charge on any atom is 0.477 e. The molecule has 15 heteroatoms. The molecule has 2 amide bonds. The van der Waals surface area contributed by atoms with Crippen LogP contribution in [0.15, 0.2) is 36.5 Å². The fraction of sp³-hybridized carbons (Fsp3) is 0.548. The van der Waals surface area contributed by atoms with E-state index >= 15 is 0 Å². The van der Waals surface area contributed by atoms with Gasteiger partial charge in [-0.15, -0.1) is 0 Å². The molecule has 14 nitrogen and oxygen atoms in total. The van der Waals surface area contributed by atoms with Crippen LogP contribution in [0.1, 0.15) is 82.9 Å². The Hall–Kier alpha value is -3.71. The second-order valence-corrected chi connectivity index (χ2v) is 15.1. The Morgan fingerprint density at radius 3 is 2.37 bits per heavy atom. The van der Waals surface area contributed by atoms with E-state index in [-0.39, 0.29) is 12.6 Å². The maximum atomic E-state index is 13.9. The van der Waals surface area contributed by atoms with Gasteiger partial charge in [0.2, 0.25) is 5.88 Å². The summed E-state index contributed by atoms with van der Waals surface area (Å²) in [4.78, 5) is 31.4. The Morgan fingerprint density at radius 2 is 1.76 bits per heavy atom. The van der Waals surface area contributed by atoms with E-state index in [0.717, 1.165) is 0 Å². The van der Waals surface area contributed by atoms with Crippen LogP contribution in [0.3, 0.4) is 0 Å². The normalized spacial score (nSPS) is 18.2. The predicted octanol–water partition coefficient (Wildman–Crippen LogP) is 5.92. The summed E-state index contributed by atoms with van der Waals surface area (Å²) in [5.41, 5.74) is -0.998. The molecular weight excluding hydrogens is 617 g/mol. The molecule has 1 spiro atoms. The van der Waals surface area contributed by atoms with Gasteiger partial charge in [-0.25, -0.2) is 19.0 Å². The van der Waals surface area contributed by atoms with Crippen molar-refractivity contribution < 1.29 is 42.3 Å².